The van der Waals surface area contributed by atoms with Crippen LogP contribution in [0.15, 0.2) is 41.0 Å². The molecule has 6 heteroatoms. The molecule has 0 radical (unpaired) electrons. The van der Waals surface area contributed by atoms with E-state index in [4.69, 9.17) is 4.74 Å². The van der Waals surface area contributed by atoms with Gasteiger partial charge in [0.05, 0.1) is 4.47 Å². The summed E-state index contributed by atoms with van der Waals surface area (Å²) in [4.78, 5) is 17.2. The van der Waals surface area contributed by atoms with Gasteiger partial charge in [-0.25, -0.2) is 4.39 Å². The number of hydrogen-bond acceptors (Lipinski definition) is 3. The summed E-state index contributed by atoms with van der Waals surface area (Å²) < 4.78 is 19.1. The second-order valence-corrected chi connectivity index (χ2v) is 5.11. The van der Waals surface area contributed by atoms with Crippen LogP contribution in [0, 0.1) is 5.82 Å². The summed E-state index contributed by atoms with van der Waals surface area (Å²) in [7, 11) is 3.29. The Labute approximate surface area is 124 Å². The fraction of sp³-hybridized carbons (Fsp3) is 0.143. The number of nitrogens with zero attached hydrogens (tertiary/aromatic N) is 2. The van der Waals surface area contributed by atoms with Crippen LogP contribution in [-0.4, -0.2) is 29.9 Å². The van der Waals surface area contributed by atoms with Crippen LogP contribution in [0.1, 0.15) is 10.5 Å². The number of amides is 1. The highest BCUT2D eigenvalue weighted by molar-refractivity contribution is 9.10. The molecule has 1 aromatic heterocycles. The van der Waals surface area contributed by atoms with Crippen molar-refractivity contribution in [3.8, 4) is 11.5 Å². The molecule has 0 spiro atoms. The standard InChI is InChI=1S/C14H12BrFN2O2/c1-18(2)14(19)12-8-10(5-6-17-12)20-13-4-3-9(16)7-11(13)15/h3-8H,1-2H3. The average Bonchev–Trinajstić information content (AvgIpc) is 2.41. The molecule has 20 heavy (non-hydrogen) atoms. The molecule has 104 valence electrons. The van der Waals surface area contributed by atoms with Gasteiger partial charge in [-0.1, -0.05) is 0 Å². The molecule has 0 saturated carbocycles. The average molecular weight is 339 g/mol. The minimum absolute atomic E-state index is 0.214. The molecule has 0 unspecified atom stereocenters. The third kappa shape index (κ3) is 3.33. The number of ether oxygens (including phenoxy) is 1. The number of rotatable bonds is 3. The summed E-state index contributed by atoms with van der Waals surface area (Å²) in [5.74, 6) is 0.342. The fourth-order valence-electron chi connectivity index (χ4n) is 1.51. The highest BCUT2D eigenvalue weighted by Crippen LogP contribution is 2.30. The normalized spacial score (nSPS) is 10.2. The maximum Gasteiger partial charge on any atom is 0.272 e. The van der Waals surface area contributed by atoms with Crippen LogP contribution < -0.4 is 4.74 Å². The van der Waals surface area contributed by atoms with Gasteiger partial charge in [-0.15, -0.1) is 0 Å². The van der Waals surface area contributed by atoms with Gasteiger partial charge in [0.1, 0.15) is 23.0 Å². The van der Waals surface area contributed by atoms with Gasteiger partial charge < -0.3 is 9.64 Å². The summed E-state index contributed by atoms with van der Waals surface area (Å²) in [5.41, 5.74) is 0.283. The molecule has 0 aliphatic carbocycles. The molecule has 0 bridgehead atoms. The number of carbonyl (C=O) groups is 1. The van der Waals surface area contributed by atoms with Crippen molar-refractivity contribution in [3.05, 3.63) is 52.5 Å². The lowest BCUT2D eigenvalue weighted by Gasteiger charge is -2.11. The third-order valence-electron chi connectivity index (χ3n) is 2.48. The van der Waals surface area contributed by atoms with Crippen LogP contribution in [0.25, 0.3) is 0 Å². The highest BCUT2D eigenvalue weighted by atomic mass is 79.9. The Bertz CT molecular complexity index is 647. The number of halogens is 2. The fourth-order valence-corrected chi connectivity index (χ4v) is 1.94. The van der Waals surface area contributed by atoms with Crippen molar-refractivity contribution < 1.29 is 13.9 Å². The molecule has 0 aliphatic heterocycles. The lowest BCUT2D eigenvalue weighted by Crippen LogP contribution is -2.22. The molecule has 0 aliphatic rings. The van der Waals surface area contributed by atoms with Gasteiger partial charge in [0.25, 0.3) is 5.91 Å². The zero-order valence-electron chi connectivity index (χ0n) is 10.9. The molecule has 1 amide bonds. The predicted molar refractivity (Wildman–Crippen MR) is 76.4 cm³/mol. The molecular weight excluding hydrogens is 327 g/mol. The molecule has 0 N–H and O–H groups in total. The maximum absolute atomic E-state index is 13.0. The van der Waals surface area contributed by atoms with E-state index in [0.29, 0.717) is 16.0 Å². The van der Waals surface area contributed by atoms with Crippen molar-refractivity contribution in [1.29, 1.82) is 0 Å². The Morgan fingerprint density at radius 2 is 2.05 bits per heavy atom. The lowest BCUT2D eigenvalue weighted by molar-refractivity contribution is 0.0821. The smallest absolute Gasteiger partial charge is 0.272 e. The van der Waals surface area contributed by atoms with Gasteiger partial charge in [0.15, 0.2) is 0 Å². The summed E-state index contributed by atoms with van der Waals surface area (Å²) in [6.07, 6.45) is 1.49. The van der Waals surface area contributed by atoms with Crippen LogP contribution in [0.3, 0.4) is 0 Å². The Balaban J connectivity index is 2.26. The molecule has 1 heterocycles. The topological polar surface area (TPSA) is 42.4 Å². The van der Waals surface area contributed by atoms with E-state index in [9.17, 15) is 9.18 Å². The van der Waals surface area contributed by atoms with Gasteiger partial charge in [0.2, 0.25) is 0 Å². The zero-order valence-corrected chi connectivity index (χ0v) is 12.5. The van der Waals surface area contributed by atoms with E-state index in [0.717, 1.165) is 0 Å². The first-order valence-corrected chi connectivity index (χ1v) is 6.57. The third-order valence-corrected chi connectivity index (χ3v) is 3.10. The lowest BCUT2D eigenvalue weighted by atomic mass is 10.3. The molecule has 0 saturated heterocycles. The monoisotopic (exact) mass is 338 g/mol. The van der Waals surface area contributed by atoms with E-state index < -0.39 is 0 Å². The maximum atomic E-state index is 13.0. The van der Waals surface area contributed by atoms with Gasteiger partial charge >= 0.3 is 0 Å². The predicted octanol–water partition coefficient (Wildman–Crippen LogP) is 3.48. The number of carbonyl (C=O) groups excluding carboxylic acids is 1. The van der Waals surface area contributed by atoms with Crippen molar-refractivity contribution in [2.24, 2.45) is 0 Å². The van der Waals surface area contributed by atoms with E-state index in [2.05, 4.69) is 20.9 Å². The zero-order chi connectivity index (χ0) is 14.7. The van der Waals surface area contributed by atoms with Crippen molar-refractivity contribution in [1.82, 2.24) is 9.88 Å². The van der Waals surface area contributed by atoms with Crippen molar-refractivity contribution in [2.45, 2.75) is 0 Å². The first-order chi connectivity index (χ1) is 9.47. The first-order valence-electron chi connectivity index (χ1n) is 5.78. The van der Waals surface area contributed by atoms with Gasteiger partial charge in [0, 0.05) is 26.4 Å². The molecule has 0 fully saturated rings. The minimum atomic E-state index is -0.359. The Morgan fingerprint density at radius 3 is 2.70 bits per heavy atom. The Morgan fingerprint density at radius 1 is 1.30 bits per heavy atom. The van der Waals surface area contributed by atoms with Crippen LogP contribution in [-0.2, 0) is 0 Å². The van der Waals surface area contributed by atoms with Crippen molar-refractivity contribution in [3.63, 3.8) is 0 Å². The van der Waals surface area contributed by atoms with Gasteiger partial charge in [-0.2, -0.15) is 0 Å². The summed E-state index contributed by atoms with van der Waals surface area (Å²) in [6, 6.07) is 7.28. The van der Waals surface area contributed by atoms with Crippen LogP contribution in [0.4, 0.5) is 4.39 Å². The summed E-state index contributed by atoms with van der Waals surface area (Å²) in [5, 5.41) is 0. The van der Waals surface area contributed by atoms with Gasteiger partial charge in [-0.3, -0.25) is 9.78 Å². The van der Waals surface area contributed by atoms with E-state index in [-0.39, 0.29) is 17.4 Å². The van der Waals surface area contributed by atoms with Crippen LogP contribution >= 0.6 is 15.9 Å². The largest absolute Gasteiger partial charge is 0.456 e. The number of benzene rings is 1. The van der Waals surface area contributed by atoms with Crippen molar-refractivity contribution in [2.75, 3.05) is 14.1 Å². The molecule has 0 atom stereocenters. The molecule has 1 aromatic carbocycles. The molecule has 4 nitrogen and oxygen atoms in total. The second kappa shape index (κ2) is 6.00. The second-order valence-electron chi connectivity index (χ2n) is 4.25. The van der Waals surface area contributed by atoms with Crippen molar-refractivity contribution >= 4 is 21.8 Å². The summed E-state index contributed by atoms with van der Waals surface area (Å²) >= 11 is 3.22. The number of hydrogen-bond donors (Lipinski definition) is 0. The van der Waals surface area contributed by atoms with E-state index >= 15 is 0 Å². The van der Waals surface area contributed by atoms with Gasteiger partial charge in [-0.05, 0) is 40.2 Å². The quantitative estimate of drug-likeness (QED) is 0.860. The number of aromatic nitrogens is 1. The summed E-state index contributed by atoms with van der Waals surface area (Å²) in [6.45, 7) is 0. The Hall–Kier alpha value is -1.95. The van der Waals surface area contributed by atoms with E-state index in [1.807, 2.05) is 0 Å². The molecule has 2 rings (SSSR count). The first kappa shape index (κ1) is 14.5. The Kier molecular flexibility index (Phi) is 4.34. The molecule has 2 aromatic rings. The van der Waals surface area contributed by atoms with E-state index in [1.54, 1.807) is 20.2 Å². The minimum Gasteiger partial charge on any atom is -0.456 e. The van der Waals surface area contributed by atoms with E-state index in [1.165, 1.54) is 35.4 Å². The van der Waals surface area contributed by atoms with Crippen LogP contribution in [0.5, 0.6) is 11.5 Å². The van der Waals surface area contributed by atoms with Crippen LogP contribution in [0.2, 0.25) is 0 Å². The number of pyridine rings is 1. The SMILES string of the molecule is CN(C)C(=O)c1cc(Oc2ccc(F)cc2Br)ccn1. The molecular formula is C14H12BrFN2O2. The highest BCUT2D eigenvalue weighted by Gasteiger charge is 2.11.